The van der Waals surface area contributed by atoms with Crippen molar-refractivity contribution in [3.8, 4) is 0 Å². The Morgan fingerprint density at radius 3 is 2.47 bits per heavy atom. The Morgan fingerprint density at radius 2 is 1.82 bits per heavy atom. The summed E-state index contributed by atoms with van der Waals surface area (Å²) in [5, 5.41) is 0. The van der Waals surface area contributed by atoms with Gasteiger partial charge in [0.15, 0.2) is 0 Å². The van der Waals surface area contributed by atoms with Gasteiger partial charge in [-0.25, -0.2) is 0 Å². The van der Waals surface area contributed by atoms with E-state index in [-0.39, 0.29) is 5.91 Å². The first kappa shape index (κ1) is 12.0. The lowest BCUT2D eigenvalue weighted by Crippen LogP contribution is -2.26. The van der Waals surface area contributed by atoms with Gasteiger partial charge >= 0.3 is 0 Å². The molecular weight excluding hydrogens is 327 g/mol. The van der Waals surface area contributed by atoms with Crippen LogP contribution in [0.2, 0.25) is 0 Å². The average Bonchev–Trinajstić information content (AvgIpc) is 2.39. The topological polar surface area (TPSA) is 33.2 Å². The number of anilines is 1. The first-order valence-corrected chi connectivity index (χ1v) is 6.20. The number of carbonyl (C=O) groups is 1. The van der Waals surface area contributed by atoms with Gasteiger partial charge in [-0.2, -0.15) is 0 Å². The highest BCUT2D eigenvalue weighted by Gasteiger charge is 2.15. The summed E-state index contributed by atoms with van der Waals surface area (Å²) < 4.78 is 0.955. The van der Waals surface area contributed by atoms with Gasteiger partial charge in [0, 0.05) is 28.7 Å². The van der Waals surface area contributed by atoms with Crippen LogP contribution in [-0.4, -0.2) is 17.9 Å². The maximum Gasteiger partial charge on any atom is 0.259 e. The van der Waals surface area contributed by atoms with Crippen LogP contribution in [0, 0.1) is 3.57 Å². The minimum absolute atomic E-state index is 0.0128. The van der Waals surface area contributed by atoms with Crippen LogP contribution in [0.1, 0.15) is 10.4 Å². The standard InChI is InChI=1S/C13H11IN2O/c1-16(10-6-8-15-9-7-10)13(17)11-4-2-3-5-12(11)14/h2-9H,1H3. The van der Waals surface area contributed by atoms with Crippen molar-refractivity contribution in [2.45, 2.75) is 0 Å². The number of rotatable bonds is 2. The molecule has 1 amide bonds. The molecule has 4 heteroatoms. The zero-order valence-electron chi connectivity index (χ0n) is 9.30. The van der Waals surface area contributed by atoms with E-state index in [1.54, 1.807) is 24.3 Å². The van der Waals surface area contributed by atoms with Crippen molar-refractivity contribution in [1.29, 1.82) is 0 Å². The zero-order chi connectivity index (χ0) is 12.3. The Bertz CT molecular complexity index is 528. The number of benzene rings is 1. The van der Waals surface area contributed by atoms with Gasteiger partial charge in [0.25, 0.3) is 5.91 Å². The van der Waals surface area contributed by atoms with Gasteiger partial charge in [-0.15, -0.1) is 0 Å². The summed E-state index contributed by atoms with van der Waals surface area (Å²) in [7, 11) is 1.76. The Hall–Kier alpha value is -1.43. The number of amides is 1. The molecule has 0 N–H and O–H groups in total. The van der Waals surface area contributed by atoms with Crippen LogP contribution in [0.5, 0.6) is 0 Å². The second-order valence-electron chi connectivity index (χ2n) is 3.55. The van der Waals surface area contributed by atoms with Crippen molar-refractivity contribution in [3.63, 3.8) is 0 Å². The molecule has 0 fully saturated rings. The van der Waals surface area contributed by atoms with E-state index in [9.17, 15) is 4.79 Å². The Balaban J connectivity index is 2.30. The van der Waals surface area contributed by atoms with E-state index in [0.29, 0.717) is 5.56 Å². The van der Waals surface area contributed by atoms with E-state index in [4.69, 9.17) is 0 Å². The van der Waals surface area contributed by atoms with Crippen molar-refractivity contribution in [2.75, 3.05) is 11.9 Å². The normalized spacial score (nSPS) is 10.0. The van der Waals surface area contributed by atoms with E-state index in [1.807, 2.05) is 36.4 Å². The van der Waals surface area contributed by atoms with Gasteiger partial charge in [-0.3, -0.25) is 9.78 Å². The van der Waals surface area contributed by atoms with E-state index in [1.165, 1.54) is 0 Å². The molecule has 0 saturated heterocycles. The fourth-order valence-electron chi connectivity index (χ4n) is 1.50. The van der Waals surface area contributed by atoms with Crippen LogP contribution in [0.3, 0.4) is 0 Å². The van der Waals surface area contributed by atoms with Crippen molar-refractivity contribution >= 4 is 34.2 Å². The van der Waals surface area contributed by atoms with E-state index < -0.39 is 0 Å². The second kappa shape index (κ2) is 5.27. The number of hydrogen-bond donors (Lipinski definition) is 0. The summed E-state index contributed by atoms with van der Waals surface area (Å²) in [5.41, 5.74) is 1.55. The van der Waals surface area contributed by atoms with Crippen LogP contribution in [-0.2, 0) is 0 Å². The Morgan fingerprint density at radius 1 is 1.18 bits per heavy atom. The highest BCUT2D eigenvalue weighted by molar-refractivity contribution is 14.1. The fourth-order valence-corrected chi connectivity index (χ4v) is 2.12. The summed E-state index contributed by atoms with van der Waals surface area (Å²) in [6.45, 7) is 0. The van der Waals surface area contributed by atoms with Gasteiger partial charge in [-0.05, 0) is 46.9 Å². The third-order valence-electron chi connectivity index (χ3n) is 2.46. The van der Waals surface area contributed by atoms with Gasteiger partial charge in [0.1, 0.15) is 0 Å². The quantitative estimate of drug-likeness (QED) is 0.789. The third-order valence-corrected chi connectivity index (χ3v) is 3.40. The van der Waals surface area contributed by atoms with E-state index in [0.717, 1.165) is 9.26 Å². The van der Waals surface area contributed by atoms with Crippen molar-refractivity contribution in [1.82, 2.24) is 4.98 Å². The summed E-state index contributed by atoms with van der Waals surface area (Å²) in [4.78, 5) is 17.8. The molecule has 17 heavy (non-hydrogen) atoms. The predicted octanol–water partition coefficient (Wildman–Crippen LogP) is 2.96. The maximum atomic E-state index is 12.3. The molecule has 0 aliphatic carbocycles. The van der Waals surface area contributed by atoms with Crippen LogP contribution in [0.25, 0.3) is 0 Å². The average molecular weight is 338 g/mol. The molecule has 1 heterocycles. The molecule has 0 bridgehead atoms. The molecule has 0 atom stereocenters. The second-order valence-corrected chi connectivity index (χ2v) is 4.71. The molecular formula is C13H11IN2O. The molecule has 2 rings (SSSR count). The molecule has 3 nitrogen and oxygen atoms in total. The lowest BCUT2D eigenvalue weighted by molar-refractivity contribution is 0.0992. The SMILES string of the molecule is CN(C(=O)c1ccccc1I)c1ccncc1. The molecule has 0 saturated carbocycles. The van der Waals surface area contributed by atoms with Crippen LogP contribution in [0.4, 0.5) is 5.69 Å². The molecule has 1 aromatic carbocycles. The Labute approximate surface area is 114 Å². The molecule has 0 spiro atoms. The van der Waals surface area contributed by atoms with Gasteiger partial charge < -0.3 is 4.90 Å². The summed E-state index contributed by atoms with van der Waals surface area (Å²) in [6, 6.07) is 11.2. The third kappa shape index (κ3) is 2.63. The minimum atomic E-state index is -0.0128. The van der Waals surface area contributed by atoms with Crippen molar-refractivity contribution in [2.24, 2.45) is 0 Å². The highest BCUT2D eigenvalue weighted by atomic mass is 127. The summed E-state index contributed by atoms with van der Waals surface area (Å²) in [5.74, 6) is -0.0128. The molecule has 0 unspecified atom stereocenters. The number of pyridine rings is 1. The lowest BCUT2D eigenvalue weighted by Gasteiger charge is -2.17. The monoisotopic (exact) mass is 338 g/mol. The van der Waals surface area contributed by atoms with Crippen LogP contribution in [0.15, 0.2) is 48.8 Å². The largest absolute Gasteiger partial charge is 0.311 e. The predicted molar refractivity (Wildman–Crippen MR) is 76.1 cm³/mol. The number of halogens is 1. The van der Waals surface area contributed by atoms with Gasteiger partial charge in [-0.1, -0.05) is 12.1 Å². The van der Waals surface area contributed by atoms with Crippen LogP contribution < -0.4 is 4.90 Å². The van der Waals surface area contributed by atoms with Gasteiger partial charge in [0.05, 0.1) is 5.56 Å². The summed E-state index contributed by atoms with van der Waals surface area (Å²) in [6.07, 6.45) is 3.35. The first-order chi connectivity index (χ1) is 8.20. The number of aromatic nitrogens is 1. The van der Waals surface area contributed by atoms with Crippen LogP contribution >= 0.6 is 22.6 Å². The fraction of sp³-hybridized carbons (Fsp3) is 0.0769. The molecule has 0 aliphatic rings. The number of carbonyl (C=O) groups excluding carboxylic acids is 1. The smallest absolute Gasteiger partial charge is 0.259 e. The molecule has 0 aliphatic heterocycles. The lowest BCUT2D eigenvalue weighted by atomic mass is 10.2. The molecule has 1 aromatic heterocycles. The van der Waals surface area contributed by atoms with Crippen molar-refractivity contribution in [3.05, 3.63) is 57.9 Å². The number of hydrogen-bond acceptors (Lipinski definition) is 2. The molecule has 0 radical (unpaired) electrons. The van der Waals surface area contributed by atoms with Crippen molar-refractivity contribution < 1.29 is 4.79 Å². The van der Waals surface area contributed by atoms with E-state index in [2.05, 4.69) is 27.6 Å². The zero-order valence-corrected chi connectivity index (χ0v) is 11.5. The van der Waals surface area contributed by atoms with E-state index >= 15 is 0 Å². The summed E-state index contributed by atoms with van der Waals surface area (Å²) >= 11 is 2.17. The molecule has 2 aromatic rings. The number of nitrogens with zero attached hydrogens (tertiary/aromatic N) is 2. The highest BCUT2D eigenvalue weighted by Crippen LogP contribution is 2.17. The minimum Gasteiger partial charge on any atom is -0.311 e. The van der Waals surface area contributed by atoms with Gasteiger partial charge in [0.2, 0.25) is 0 Å². The maximum absolute atomic E-state index is 12.3. The first-order valence-electron chi connectivity index (χ1n) is 5.13. The molecule has 86 valence electrons. The Kier molecular flexibility index (Phi) is 3.73.